The van der Waals surface area contributed by atoms with Crippen LogP contribution in [-0.4, -0.2) is 37.6 Å². The smallest absolute Gasteiger partial charge is 0.258 e. The molecule has 7 heteroatoms. The van der Waals surface area contributed by atoms with Gasteiger partial charge in [0.05, 0.1) is 6.54 Å². The van der Waals surface area contributed by atoms with Gasteiger partial charge in [0.2, 0.25) is 0 Å². The van der Waals surface area contributed by atoms with Crippen molar-refractivity contribution in [2.24, 2.45) is 0 Å². The first-order valence-corrected chi connectivity index (χ1v) is 9.77. The van der Waals surface area contributed by atoms with E-state index in [4.69, 9.17) is 14.2 Å². The second kappa shape index (κ2) is 9.30. The van der Waals surface area contributed by atoms with E-state index >= 15 is 0 Å². The first-order chi connectivity index (χ1) is 15.1. The van der Waals surface area contributed by atoms with Crippen molar-refractivity contribution >= 4 is 11.7 Å². The normalized spacial score (nSPS) is 14.5. The number of benzene rings is 3. The molecule has 6 nitrogen and oxygen atoms in total. The number of carbonyl (C=O) groups excluding carboxylic acids is 2. The maximum atomic E-state index is 13.0. The van der Waals surface area contributed by atoms with Crippen LogP contribution in [0.15, 0.2) is 72.8 Å². The van der Waals surface area contributed by atoms with Crippen LogP contribution in [0.3, 0.4) is 0 Å². The fourth-order valence-corrected chi connectivity index (χ4v) is 3.06. The molecule has 0 fully saturated rings. The standard InChI is InChI=1S/C24H20FNO5/c25-18-9-5-16(6-10-18)24(28)17-7-11-19(12-8-17)29-15-23(27)26-13-20-14-30-21-3-1-2-4-22(21)31-20/h1-12,20H,13-15H2,(H,26,27)/t20-/m1/s1. The molecule has 4 rings (SSSR count). The Morgan fingerprint density at radius 3 is 2.29 bits per heavy atom. The van der Waals surface area contributed by atoms with Gasteiger partial charge in [-0.3, -0.25) is 9.59 Å². The van der Waals surface area contributed by atoms with Crippen molar-refractivity contribution < 1.29 is 28.2 Å². The van der Waals surface area contributed by atoms with Crippen molar-refractivity contribution in [2.75, 3.05) is 19.8 Å². The summed E-state index contributed by atoms with van der Waals surface area (Å²) in [5, 5.41) is 2.76. The minimum Gasteiger partial charge on any atom is -0.486 e. The molecule has 3 aromatic rings. The van der Waals surface area contributed by atoms with Gasteiger partial charge >= 0.3 is 0 Å². The van der Waals surface area contributed by atoms with E-state index in [1.165, 1.54) is 24.3 Å². The second-order valence-corrected chi connectivity index (χ2v) is 6.95. The van der Waals surface area contributed by atoms with Crippen LogP contribution in [0.1, 0.15) is 15.9 Å². The van der Waals surface area contributed by atoms with Gasteiger partial charge in [-0.25, -0.2) is 4.39 Å². The summed E-state index contributed by atoms with van der Waals surface area (Å²) < 4.78 is 29.9. The van der Waals surface area contributed by atoms with Gasteiger partial charge in [-0.2, -0.15) is 0 Å². The van der Waals surface area contributed by atoms with Gasteiger partial charge in [-0.15, -0.1) is 0 Å². The highest BCUT2D eigenvalue weighted by atomic mass is 19.1. The molecule has 0 saturated carbocycles. The number of halogens is 1. The zero-order valence-electron chi connectivity index (χ0n) is 16.5. The molecule has 0 spiro atoms. The number of ether oxygens (including phenoxy) is 3. The minimum atomic E-state index is -0.397. The number of fused-ring (bicyclic) bond motifs is 1. The zero-order valence-corrected chi connectivity index (χ0v) is 16.5. The average Bonchev–Trinajstić information content (AvgIpc) is 2.81. The Balaban J connectivity index is 1.23. The lowest BCUT2D eigenvalue weighted by Gasteiger charge is -2.26. The van der Waals surface area contributed by atoms with E-state index in [1.54, 1.807) is 24.3 Å². The number of rotatable bonds is 7. The molecule has 1 amide bonds. The van der Waals surface area contributed by atoms with Crippen LogP contribution in [0, 0.1) is 5.82 Å². The first kappa shape index (κ1) is 20.4. The van der Waals surface area contributed by atoms with Crippen LogP contribution < -0.4 is 19.5 Å². The molecule has 1 heterocycles. The third-order valence-electron chi connectivity index (χ3n) is 4.69. The first-order valence-electron chi connectivity index (χ1n) is 9.77. The van der Waals surface area contributed by atoms with E-state index in [0.29, 0.717) is 41.5 Å². The summed E-state index contributed by atoms with van der Waals surface area (Å²) >= 11 is 0. The number of hydrogen-bond acceptors (Lipinski definition) is 5. The van der Waals surface area contributed by atoms with Gasteiger partial charge in [0.1, 0.15) is 24.3 Å². The lowest BCUT2D eigenvalue weighted by molar-refractivity contribution is -0.123. The van der Waals surface area contributed by atoms with E-state index in [9.17, 15) is 14.0 Å². The molecule has 0 radical (unpaired) electrons. The van der Waals surface area contributed by atoms with Crippen LogP contribution >= 0.6 is 0 Å². The number of amides is 1. The predicted molar refractivity (Wildman–Crippen MR) is 111 cm³/mol. The molecule has 0 bridgehead atoms. The van der Waals surface area contributed by atoms with Crippen molar-refractivity contribution in [2.45, 2.75) is 6.10 Å². The molecular formula is C24H20FNO5. The number of ketones is 1. The maximum absolute atomic E-state index is 13.0. The molecule has 1 N–H and O–H groups in total. The van der Waals surface area contributed by atoms with Crippen LogP contribution in [-0.2, 0) is 4.79 Å². The lowest BCUT2D eigenvalue weighted by atomic mass is 10.0. The fraction of sp³-hybridized carbons (Fsp3) is 0.167. The molecule has 31 heavy (non-hydrogen) atoms. The topological polar surface area (TPSA) is 73.9 Å². The number of nitrogens with one attached hydrogen (secondary N) is 1. The molecule has 1 aliphatic heterocycles. The minimum absolute atomic E-state index is 0.171. The fourth-order valence-electron chi connectivity index (χ4n) is 3.06. The Kier molecular flexibility index (Phi) is 6.12. The van der Waals surface area contributed by atoms with Crippen LogP contribution in [0.4, 0.5) is 4.39 Å². The SMILES string of the molecule is O=C(COc1ccc(C(=O)c2ccc(F)cc2)cc1)NC[C@@H]1COc2ccccc2O1. The molecular weight excluding hydrogens is 401 g/mol. The van der Waals surface area contributed by atoms with Crippen LogP contribution in [0.25, 0.3) is 0 Å². The predicted octanol–water partition coefficient (Wildman–Crippen LogP) is 3.39. The van der Waals surface area contributed by atoms with E-state index in [-0.39, 0.29) is 24.4 Å². The van der Waals surface area contributed by atoms with Gasteiger partial charge in [0.15, 0.2) is 23.9 Å². The number of carbonyl (C=O) groups is 2. The summed E-state index contributed by atoms with van der Waals surface area (Å²) in [5.74, 6) is 0.881. The monoisotopic (exact) mass is 421 g/mol. The van der Waals surface area contributed by atoms with Crippen LogP contribution in [0.2, 0.25) is 0 Å². The molecule has 0 saturated heterocycles. The molecule has 1 atom stereocenters. The molecule has 0 aliphatic carbocycles. The molecule has 158 valence electrons. The van der Waals surface area contributed by atoms with E-state index in [2.05, 4.69) is 5.32 Å². The lowest BCUT2D eigenvalue weighted by Crippen LogP contribution is -2.42. The van der Waals surface area contributed by atoms with Crippen molar-refractivity contribution in [1.82, 2.24) is 5.32 Å². The van der Waals surface area contributed by atoms with Crippen molar-refractivity contribution in [3.8, 4) is 17.2 Å². The van der Waals surface area contributed by atoms with Gasteiger partial charge in [-0.05, 0) is 60.7 Å². The Morgan fingerprint density at radius 1 is 0.935 bits per heavy atom. The van der Waals surface area contributed by atoms with Gasteiger partial charge in [0, 0.05) is 11.1 Å². The molecule has 0 aromatic heterocycles. The summed E-state index contributed by atoms with van der Waals surface area (Å²) in [6.07, 6.45) is -0.282. The molecule has 3 aromatic carbocycles. The van der Waals surface area contributed by atoms with Gasteiger partial charge < -0.3 is 19.5 Å². The summed E-state index contributed by atoms with van der Waals surface area (Å²) in [5.41, 5.74) is 0.837. The Morgan fingerprint density at radius 2 is 1.58 bits per heavy atom. The van der Waals surface area contributed by atoms with Gasteiger partial charge in [-0.1, -0.05) is 12.1 Å². The maximum Gasteiger partial charge on any atom is 0.258 e. The Hall–Kier alpha value is -3.87. The zero-order chi connectivity index (χ0) is 21.6. The van der Waals surface area contributed by atoms with E-state index in [0.717, 1.165) is 0 Å². The van der Waals surface area contributed by atoms with Crippen molar-refractivity contribution in [3.63, 3.8) is 0 Å². The summed E-state index contributed by atoms with van der Waals surface area (Å²) in [6, 6.07) is 19.2. The van der Waals surface area contributed by atoms with Crippen LogP contribution in [0.5, 0.6) is 17.2 Å². The van der Waals surface area contributed by atoms with E-state index < -0.39 is 5.82 Å². The third kappa shape index (κ3) is 5.19. The van der Waals surface area contributed by atoms with Crippen molar-refractivity contribution in [3.05, 3.63) is 89.7 Å². The largest absolute Gasteiger partial charge is 0.486 e. The highest BCUT2D eigenvalue weighted by Crippen LogP contribution is 2.30. The van der Waals surface area contributed by atoms with Crippen molar-refractivity contribution in [1.29, 1.82) is 0 Å². The highest BCUT2D eigenvalue weighted by Gasteiger charge is 2.21. The number of para-hydroxylation sites is 2. The molecule has 1 aliphatic rings. The average molecular weight is 421 g/mol. The highest BCUT2D eigenvalue weighted by molar-refractivity contribution is 6.09. The summed E-state index contributed by atoms with van der Waals surface area (Å²) in [6.45, 7) is 0.471. The summed E-state index contributed by atoms with van der Waals surface area (Å²) in [7, 11) is 0. The van der Waals surface area contributed by atoms with Gasteiger partial charge in [0.25, 0.3) is 5.91 Å². The van der Waals surface area contributed by atoms with E-state index in [1.807, 2.05) is 24.3 Å². The second-order valence-electron chi connectivity index (χ2n) is 6.95. The quantitative estimate of drug-likeness (QED) is 0.592. The number of hydrogen-bond donors (Lipinski definition) is 1. The Labute approximate surface area is 178 Å². The molecule has 0 unspecified atom stereocenters. The Bertz CT molecular complexity index is 1070. The third-order valence-corrected chi connectivity index (χ3v) is 4.69. The summed E-state index contributed by atoms with van der Waals surface area (Å²) in [4.78, 5) is 24.5.